The Labute approximate surface area is 338 Å². The molecule has 0 aromatic heterocycles. The Morgan fingerprint density at radius 1 is 0.589 bits per heavy atom. The monoisotopic (exact) mass is 808 g/mol. The lowest BCUT2D eigenvalue weighted by Gasteiger charge is -2.18. The molecule has 4 N–H and O–H groups in total. The molecule has 0 heterocycles. The summed E-state index contributed by atoms with van der Waals surface area (Å²) >= 11 is 0. The number of carbonyl (C=O) groups excluding carboxylic acids is 2. The number of rotatable bonds is 38. The van der Waals surface area contributed by atoms with Crippen molar-refractivity contribution in [2.75, 3.05) is 19.8 Å². The molecule has 320 valence electrons. The number of unbranched alkanes of at least 4 members (excludes halogenated alkanes) is 12. The van der Waals surface area contributed by atoms with E-state index < -0.39 is 57.6 Å². The van der Waals surface area contributed by atoms with Gasteiger partial charge in [-0.3, -0.25) is 18.6 Å². The van der Waals surface area contributed by atoms with E-state index in [4.69, 9.17) is 13.8 Å². The number of aliphatic carboxylic acids is 1. The van der Waals surface area contributed by atoms with Gasteiger partial charge in [0.05, 0.1) is 13.2 Å². The van der Waals surface area contributed by atoms with Crippen LogP contribution in [0.25, 0.3) is 0 Å². The number of hydrogen-bond donors (Lipinski definition) is 4. The predicted octanol–water partition coefficient (Wildman–Crippen LogP) is 10.6. The Bertz CT molecular complexity index is 1230. The molecule has 0 aromatic carbocycles. The van der Waals surface area contributed by atoms with Gasteiger partial charge < -0.3 is 25.2 Å². The van der Waals surface area contributed by atoms with Crippen molar-refractivity contribution < 1.29 is 47.8 Å². The molecule has 0 saturated carbocycles. The Morgan fingerprint density at radius 3 is 1.57 bits per heavy atom. The zero-order valence-corrected chi connectivity index (χ0v) is 35.3. The van der Waals surface area contributed by atoms with E-state index in [1.165, 1.54) is 25.7 Å². The second-order valence-corrected chi connectivity index (χ2v) is 15.2. The largest absolute Gasteiger partial charge is 0.480 e. The van der Waals surface area contributed by atoms with Gasteiger partial charge in [0.15, 0.2) is 6.04 Å². The van der Waals surface area contributed by atoms with E-state index in [0.29, 0.717) is 12.8 Å². The van der Waals surface area contributed by atoms with E-state index in [2.05, 4.69) is 92.1 Å². The fraction of sp³-hybridized carbons (Fsp3) is 0.659. The zero-order valence-electron chi connectivity index (χ0n) is 34.4. The van der Waals surface area contributed by atoms with E-state index in [1.807, 2.05) is 0 Å². The number of hydrogen-bond acceptors (Lipinski definition) is 8. The third-order valence-corrected chi connectivity index (χ3v) is 9.43. The second kappa shape index (κ2) is 38.8. The maximum absolute atomic E-state index is 12.3. The Kier molecular flexibility index (Phi) is 36.6. The first-order chi connectivity index (χ1) is 27.1. The molecule has 11 nitrogen and oxygen atoms in total. The van der Waals surface area contributed by atoms with Crippen LogP contribution in [0.5, 0.6) is 0 Å². The highest BCUT2D eigenvalue weighted by molar-refractivity contribution is 7.47. The van der Waals surface area contributed by atoms with Crippen LogP contribution in [-0.4, -0.2) is 64.9 Å². The predicted molar refractivity (Wildman–Crippen MR) is 226 cm³/mol. The number of carboxylic acid groups (broad SMARTS) is 1. The second-order valence-electron chi connectivity index (χ2n) is 13.8. The average molecular weight is 808 g/mol. The van der Waals surface area contributed by atoms with Crippen LogP contribution in [0.2, 0.25) is 0 Å². The van der Waals surface area contributed by atoms with Crippen LogP contribution >= 0.6 is 7.82 Å². The number of phosphoric ester groups is 1. The number of aliphatic hydroxyl groups excluding tert-OH is 1. The summed E-state index contributed by atoms with van der Waals surface area (Å²) in [6, 6.07) is -1.56. The van der Waals surface area contributed by atoms with Crippen molar-refractivity contribution in [1.29, 1.82) is 0 Å². The van der Waals surface area contributed by atoms with Crippen LogP contribution in [-0.2, 0) is 32.7 Å². The molecule has 3 atom stereocenters. The Balaban J connectivity index is 4.00. The molecule has 0 rings (SSSR count). The Hall–Kier alpha value is -3.08. The van der Waals surface area contributed by atoms with Crippen LogP contribution in [0, 0.1) is 0 Å². The van der Waals surface area contributed by atoms with Crippen molar-refractivity contribution in [2.24, 2.45) is 0 Å². The van der Waals surface area contributed by atoms with E-state index in [1.54, 1.807) is 0 Å². The molecular formula is C44H74NO10P. The molecule has 56 heavy (non-hydrogen) atoms. The number of aliphatic hydroxyl groups is 1. The Morgan fingerprint density at radius 2 is 1.04 bits per heavy atom. The first kappa shape index (κ1) is 52.9. The lowest BCUT2D eigenvalue weighted by atomic mass is 10.1. The van der Waals surface area contributed by atoms with Crippen molar-refractivity contribution in [3.8, 4) is 0 Å². The fourth-order valence-corrected chi connectivity index (χ4v) is 5.99. The highest BCUT2D eigenvalue weighted by Gasteiger charge is 2.28. The van der Waals surface area contributed by atoms with Crippen molar-refractivity contribution in [3.63, 3.8) is 0 Å². The summed E-state index contributed by atoms with van der Waals surface area (Å²) in [6.45, 7) is 2.38. The molecule has 0 aliphatic heterocycles. The fourth-order valence-electron chi connectivity index (χ4n) is 5.22. The molecule has 0 aromatic rings. The number of phosphoric acid groups is 1. The normalized spacial score (nSPS) is 14.5. The van der Waals surface area contributed by atoms with Gasteiger partial charge in [0.25, 0.3) is 0 Å². The summed E-state index contributed by atoms with van der Waals surface area (Å²) in [7, 11) is -4.77. The van der Waals surface area contributed by atoms with Crippen molar-refractivity contribution in [2.45, 2.75) is 167 Å². The standard InChI is InChI=1S/C44H74NO10P/c1-3-5-7-9-11-13-15-17-19-20-22-23-25-27-29-31-33-35-42(47)45-41(44(49)50)39-55-56(51,52)54-38-40(46)37-53-43(48)36-34-32-30-28-26-24-21-18-16-14-12-10-8-6-4-2/h6,8,11-14,17-19,21,26,28,40-41,46H,3-5,7,9-10,15-16,20,22-25,27,29-39H2,1-2H3,(H,45,47)(H,49,50)(H,51,52)/b8-6-,13-11-,14-12-,19-17-,21-18-,28-26-. The van der Waals surface area contributed by atoms with Gasteiger partial charge in [0.1, 0.15) is 12.7 Å². The van der Waals surface area contributed by atoms with Gasteiger partial charge in [0, 0.05) is 12.8 Å². The maximum atomic E-state index is 12.3. The summed E-state index contributed by atoms with van der Waals surface area (Å²) in [6.07, 6.45) is 45.0. The van der Waals surface area contributed by atoms with Crippen LogP contribution in [0.3, 0.4) is 0 Å². The number of carboxylic acids is 1. The first-order valence-corrected chi connectivity index (χ1v) is 22.5. The maximum Gasteiger partial charge on any atom is 0.472 e. The third-order valence-electron chi connectivity index (χ3n) is 8.48. The number of nitrogens with one attached hydrogen (secondary N) is 1. The van der Waals surface area contributed by atoms with Crippen molar-refractivity contribution in [1.82, 2.24) is 5.32 Å². The van der Waals surface area contributed by atoms with E-state index in [-0.39, 0.29) is 12.8 Å². The minimum atomic E-state index is -4.77. The minimum Gasteiger partial charge on any atom is -0.480 e. The lowest BCUT2D eigenvalue weighted by molar-refractivity contribution is -0.147. The van der Waals surface area contributed by atoms with E-state index in [9.17, 15) is 34.1 Å². The summed E-state index contributed by atoms with van der Waals surface area (Å²) in [4.78, 5) is 45.8. The topological polar surface area (TPSA) is 169 Å². The molecule has 0 bridgehead atoms. The molecule has 0 fully saturated rings. The van der Waals surface area contributed by atoms with Gasteiger partial charge in [-0.05, 0) is 83.5 Å². The summed E-state index contributed by atoms with van der Waals surface area (Å²) in [5.41, 5.74) is 0. The SMILES string of the molecule is CC/C=C\C/C=C\C/C=C\C/C=C\CCCCC(=O)OCC(O)COP(=O)(O)OCC(NC(=O)CCCCCCCCC/C=C\C/C=C\CCCCC)C(=O)O. The summed E-state index contributed by atoms with van der Waals surface area (Å²) < 4.78 is 26.8. The van der Waals surface area contributed by atoms with Gasteiger partial charge in [-0.15, -0.1) is 0 Å². The van der Waals surface area contributed by atoms with Crippen LogP contribution in [0.15, 0.2) is 72.9 Å². The van der Waals surface area contributed by atoms with Gasteiger partial charge in [-0.1, -0.05) is 132 Å². The van der Waals surface area contributed by atoms with Crippen LogP contribution in [0.4, 0.5) is 0 Å². The number of amides is 1. The number of ether oxygens (including phenoxy) is 1. The molecule has 0 spiro atoms. The minimum absolute atomic E-state index is 0.130. The van der Waals surface area contributed by atoms with E-state index >= 15 is 0 Å². The van der Waals surface area contributed by atoms with Gasteiger partial charge in [0.2, 0.25) is 5.91 Å². The summed E-state index contributed by atoms with van der Waals surface area (Å²) in [5, 5.41) is 21.8. The van der Waals surface area contributed by atoms with Crippen molar-refractivity contribution in [3.05, 3.63) is 72.9 Å². The molecule has 3 unspecified atom stereocenters. The molecule has 1 amide bonds. The quantitative estimate of drug-likeness (QED) is 0.0204. The smallest absolute Gasteiger partial charge is 0.472 e. The van der Waals surface area contributed by atoms with Crippen molar-refractivity contribution >= 4 is 25.7 Å². The van der Waals surface area contributed by atoms with Gasteiger partial charge in [-0.2, -0.15) is 0 Å². The lowest BCUT2D eigenvalue weighted by Crippen LogP contribution is -2.43. The molecule has 12 heteroatoms. The molecule has 0 aliphatic rings. The zero-order chi connectivity index (χ0) is 41.4. The van der Waals surface area contributed by atoms with Crippen LogP contribution < -0.4 is 5.32 Å². The number of carbonyl (C=O) groups is 3. The highest BCUT2D eigenvalue weighted by Crippen LogP contribution is 2.43. The molecule has 0 radical (unpaired) electrons. The molecule has 0 saturated heterocycles. The average Bonchev–Trinajstić information content (AvgIpc) is 3.17. The summed E-state index contributed by atoms with van der Waals surface area (Å²) in [5.74, 6) is -2.44. The van der Waals surface area contributed by atoms with Crippen LogP contribution in [0.1, 0.15) is 155 Å². The number of allylic oxidation sites excluding steroid dienone is 12. The highest BCUT2D eigenvalue weighted by atomic mass is 31.2. The van der Waals surface area contributed by atoms with Gasteiger partial charge >= 0.3 is 19.8 Å². The third kappa shape index (κ3) is 37.8. The molecular weight excluding hydrogens is 733 g/mol. The van der Waals surface area contributed by atoms with E-state index in [0.717, 1.165) is 89.9 Å². The van der Waals surface area contributed by atoms with Gasteiger partial charge in [-0.25, -0.2) is 9.36 Å². The number of esters is 1. The first-order valence-electron chi connectivity index (χ1n) is 21.0. The molecule has 0 aliphatic carbocycles.